The van der Waals surface area contributed by atoms with Crippen LogP contribution in [0.5, 0.6) is 0 Å². The van der Waals surface area contributed by atoms with Crippen LogP contribution in [0.25, 0.3) is 0 Å². The Morgan fingerprint density at radius 2 is 1.94 bits per heavy atom. The lowest BCUT2D eigenvalue weighted by Crippen LogP contribution is -2.25. The van der Waals surface area contributed by atoms with E-state index >= 15 is 0 Å². The summed E-state index contributed by atoms with van der Waals surface area (Å²) in [7, 11) is 1.73. The van der Waals surface area contributed by atoms with Crippen molar-refractivity contribution in [2.75, 3.05) is 19.0 Å². The first kappa shape index (κ1) is 13.5. The standard InChI is InChI=1S/C14H20N2O/c1-14(2,17-3)9-11-16-13-6-4-12(5-7-13)8-10-15/h4-7,16H,8-9,11H2,1-3H3. The number of nitrogens with one attached hydrogen (secondary N) is 1. The topological polar surface area (TPSA) is 45.0 Å². The number of methoxy groups -OCH3 is 1. The van der Waals surface area contributed by atoms with Gasteiger partial charge in [0, 0.05) is 19.3 Å². The van der Waals surface area contributed by atoms with Gasteiger partial charge in [-0.1, -0.05) is 12.1 Å². The Labute approximate surface area is 103 Å². The summed E-state index contributed by atoms with van der Waals surface area (Å²) in [4.78, 5) is 0. The minimum absolute atomic E-state index is 0.0895. The van der Waals surface area contributed by atoms with E-state index in [1.165, 1.54) is 0 Å². The average Bonchev–Trinajstić information content (AvgIpc) is 2.32. The normalized spacial score (nSPS) is 10.9. The predicted molar refractivity (Wildman–Crippen MR) is 70.0 cm³/mol. The number of hydrogen-bond donors (Lipinski definition) is 1. The van der Waals surface area contributed by atoms with Crippen molar-refractivity contribution < 1.29 is 4.74 Å². The number of nitrogens with zero attached hydrogens (tertiary/aromatic N) is 1. The van der Waals surface area contributed by atoms with Gasteiger partial charge in [-0.15, -0.1) is 0 Å². The molecule has 0 amide bonds. The second-order valence-electron chi connectivity index (χ2n) is 4.67. The fourth-order valence-corrected chi connectivity index (χ4v) is 1.44. The van der Waals surface area contributed by atoms with Gasteiger partial charge < -0.3 is 10.1 Å². The number of benzene rings is 1. The molecule has 0 fully saturated rings. The SMILES string of the molecule is COC(C)(C)CCNc1ccc(CC#N)cc1. The van der Waals surface area contributed by atoms with E-state index < -0.39 is 0 Å². The fourth-order valence-electron chi connectivity index (χ4n) is 1.44. The first-order chi connectivity index (χ1) is 8.07. The van der Waals surface area contributed by atoms with Crippen LogP contribution in [0.3, 0.4) is 0 Å². The highest BCUT2D eigenvalue weighted by atomic mass is 16.5. The number of hydrogen-bond acceptors (Lipinski definition) is 3. The third-order valence-electron chi connectivity index (χ3n) is 2.85. The van der Waals surface area contributed by atoms with Crippen LogP contribution in [-0.4, -0.2) is 19.3 Å². The quantitative estimate of drug-likeness (QED) is 0.820. The summed E-state index contributed by atoms with van der Waals surface area (Å²) < 4.78 is 5.35. The summed E-state index contributed by atoms with van der Waals surface area (Å²) in [5.41, 5.74) is 2.04. The van der Waals surface area contributed by atoms with Crippen molar-refractivity contribution in [1.29, 1.82) is 5.26 Å². The Hall–Kier alpha value is -1.53. The van der Waals surface area contributed by atoms with Crippen LogP contribution in [-0.2, 0) is 11.2 Å². The maximum atomic E-state index is 8.57. The second-order valence-corrected chi connectivity index (χ2v) is 4.67. The molecule has 0 aliphatic carbocycles. The van der Waals surface area contributed by atoms with E-state index in [4.69, 9.17) is 10.00 Å². The minimum atomic E-state index is -0.0895. The molecule has 0 aromatic heterocycles. The molecular weight excluding hydrogens is 212 g/mol. The van der Waals surface area contributed by atoms with Crippen LogP contribution in [0.2, 0.25) is 0 Å². The predicted octanol–water partition coefficient (Wildman–Crippen LogP) is 2.98. The van der Waals surface area contributed by atoms with Gasteiger partial charge in [-0.25, -0.2) is 0 Å². The molecule has 0 saturated carbocycles. The van der Waals surface area contributed by atoms with Crippen LogP contribution in [0.4, 0.5) is 5.69 Å². The van der Waals surface area contributed by atoms with Gasteiger partial charge in [0.2, 0.25) is 0 Å². The maximum Gasteiger partial charge on any atom is 0.0669 e. The van der Waals surface area contributed by atoms with E-state index in [2.05, 4.69) is 25.2 Å². The van der Waals surface area contributed by atoms with Gasteiger partial charge in [-0.2, -0.15) is 5.26 Å². The molecule has 0 bridgehead atoms. The molecule has 92 valence electrons. The third-order valence-corrected chi connectivity index (χ3v) is 2.85. The van der Waals surface area contributed by atoms with E-state index in [9.17, 15) is 0 Å². The van der Waals surface area contributed by atoms with Gasteiger partial charge in [-0.05, 0) is 38.0 Å². The Bertz CT molecular complexity index is 376. The third kappa shape index (κ3) is 4.88. The molecule has 0 atom stereocenters. The Morgan fingerprint density at radius 1 is 1.29 bits per heavy atom. The Kier molecular flexibility index (Phi) is 4.99. The van der Waals surface area contributed by atoms with Crippen LogP contribution in [0.1, 0.15) is 25.8 Å². The monoisotopic (exact) mass is 232 g/mol. The molecule has 1 aromatic carbocycles. The maximum absolute atomic E-state index is 8.57. The van der Waals surface area contributed by atoms with Crippen molar-refractivity contribution in [3.8, 4) is 6.07 Å². The van der Waals surface area contributed by atoms with Crippen LogP contribution in [0.15, 0.2) is 24.3 Å². The Morgan fingerprint density at radius 3 is 2.47 bits per heavy atom. The molecule has 0 aliphatic rings. The average molecular weight is 232 g/mol. The molecule has 1 rings (SSSR count). The van der Waals surface area contributed by atoms with Gasteiger partial charge in [0.05, 0.1) is 18.1 Å². The van der Waals surface area contributed by atoms with Crippen LogP contribution < -0.4 is 5.32 Å². The minimum Gasteiger partial charge on any atom is -0.385 e. The van der Waals surface area contributed by atoms with E-state index in [-0.39, 0.29) is 5.60 Å². The van der Waals surface area contributed by atoms with Gasteiger partial charge in [0.1, 0.15) is 0 Å². The number of rotatable bonds is 6. The summed E-state index contributed by atoms with van der Waals surface area (Å²) in [6, 6.07) is 10.1. The summed E-state index contributed by atoms with van der Waals surface area (Å²) >= 11 is 0. The number of anilines is 1. The number of ether oxygens (including phenoxy) is 1. The lowest BCUT2D eigenvalue weighted by Gasteiger charge is -2.23. The number of nitriles is 1. The van der Waals surface area contributed by atoms with Gasteiger partial charge in [0.25, 0.3) is 0 Å². The lowest BCUT2D eigenvalue weighted by molar-refractivity contribution is 0.0185. The summed E-state index contributed by atoms with van der Waals surface area (Å²) in [5, 5.41) is 11.9. The van der Waals surface area contributed by atoms with Crippen molar-refractivity contribution >= 4 is 5.69 Å². The lowest BCUT2D eigenvalue weighted by atomic mass is 10.1. The van der Waals surface area contributed by atoms with Gasteiger partial charge in [-0.3, -0.25) is 0 Å². The molecule has 0 aliphatic heterocycles. The van der Waals surface area contributed by atoms with Crippen molar-refractivity contribution in [3.05, 3.63) is 29.8 Å². The smallest absolute Gasteiger partial charge is 0.0669 e. The van der Waals surface area contributed by atoms with Crippen LogP contribution in [0, 0.1) is 11.3 Å². The fraction of sp³-hybridized carbons (Fsp3) is 0.500. The zero-order valence-corrected chi connectivity index (χ0v) is 10.8. The van der Waals surface area contributed by atoms with Gasteiger partial charge in [0.15, 0.2) is 0 Å². The van der Waals surface area contributed by atoms with Crippen LogP contribution >= 0.6 is 0 Å². The zero-order valence-electron chi connectivity index (χ0n) is 10.8. The molecule has 3 heteroatoms. The van der Waals surface area contributed by atoms with E-state index in [1.807, 2.05) is 24.3 Å². The molecule has 1 aromatic rings. The summed E-state index contributed by atoms with van der Waals surface area (Å²) in [6.45, 7) is 5.02. The molecule has 0 heterocycles. The molecule has 1 N–H and O–H groups in total. The van der Waals surface area contributed by atoms with Gasteiger partial charge >= 0.3 is 0 Å². The zero-order chi connectivity index (χ0) is 12.7. The van der Waals surface area contributed by atoms with E-state index in [0.29, 0.717) is 6.42 Å². The molecule has 0 spiro atoms. The largest absolute Gasteiger partial charge is 0.385 e. The summed E-state index contributed by atoms with van der Waals surface area (Å²) in [6.07, 6.45) is 1.42. The molecular formula is C14H20N2O. The molecule has 3 nitrogen and oxygen atoms in total. The second kappa shape index (κ2) is 6.27. The van der Waals surface area contributed by atoms with Crippen molar-refractivity contribution in [2.45, 2.75) is 32.3 Å². The highest BCUT2D eigenvalue weighted by Crippen LogP contribution is 2.14. The van der Waals surface area contributed by atoms with Crippen molar-refractivity contribution in [3.63, 3.8) is 0 Å². The molecule has 0 saturated heterocycles. The van der Waals surface area contributed by atoms with Crippen molar-refractivity contribution in [2.24, 2.45) is 0 Å². The first-order valence-electron chi connectivity index (χ1n) is 5.82. The first-order valence-corrected chi connectivity index (χ1v) is 5.82. The molecule has 0 unspecified atom stereocenters. The molecule has 17 heavy (non-hydrogen) atoms. The highest BCUT2D eigenvalue weighted by molar-refractivity contribution is 5.44. The summed E-state index contributed by atoms with van der Waals surface area (Å²) in [5.74, 6) is 0. The van der Waals surface area contributed by atoms with E-state index in [0.717, 1.165) is 24.2 Å². The van der Waals surface area contributed by atoms with E-state index in [1.54, 1.807) is 7.11 Å². The van der Waals surface area contributed by atoms with Crippen molar-refractivity contribution in [1.82, 2.24) is 0 Å². The highest BCUT2D eigenvalue weighted by Gasteiger charge is 2.14. The molecule has 0 radical (unpaired) electrons. The Balaban J connectivity index is 2.40.